The Labute approximate surface area is 308 Å². The Hall–Kier alpha value is -0.940. The topological polar surface area (TPSA) is 212 Å². The van der Waals surface area contributed by atoms with Crippen molar-refractivity contribution in [3.8, 4) is 0 Å². The van der Waals surface area contributed by atoms with Crippen molar-refractivity contribution in [3.05, 3.63) is 0 Å². The molecule has 1 fully saturated rings. The van der Waals surface area contributed by atoms with E-state index in [-0.39, 0.29) is 6.42 Å². The van der Waals surface area contributed by atoms with Gasteiger partial charge in [-0.15, -0.1) is 0 Å². The van der Waals surface area contributed by atoms with Crippen LogP contribution in [-0.2, 0) is 28.9 Å². The molecule has 0 aliphatic carbocycles. The molecule has 0 aromatic heterocycles. The van der Waals surface area contributed by atoms with Gasteiger partial charge < -0.3 is 40.3 Å². The SMILES string of the molecule is CCCCCCCCCCCCCCCC(O)C(COC1OC(CO)C(O)C(OS(=O)(=O)O)C1O)NC(=O)C(O)CCCCCCCCCCC. The van der Waals surface area contributed by atoms with E-state index in [1.54, 1.807) is 0 Å². The van der Waals surface area contributed by atoms with E-state index in [2.05, 4.69) is 23.3 Å². The molecule has 0 bridgehead atoms. The zero-order chi connectivity index (χ0) is 37.9. The van der Waals surface area contributed by atoms with Gasteiger partial charge in [-0.25, -0.2) is 4.18 Å². The van der Waals surface area contributed by atoms with Gasteiger partial charge in [0, 0.05) is 0 Å². The number of carbonyl (C=O) groups excluding carboxylic acids is 1. The number of ether oxygens (including phenoxy) is 2. The van der Waals surface area contributed by atoms with Gasteiger partial charge in [0.25, 0.3) is 0 Å². The maximum Gasteiger partial charge on any atom is 0.397 e. The lowest BCUT2D eigenvalue weighted by Gasteiger charge is -2.41. The maximum absolute atomic E-state index is 13.0. The molecule has 1 amide bonds. The van der Waals surface area contributed by atoms with E-state index in [0.717, 1.165) is 38.5 Å². The van der Waals surface area contributed by atoms with Crippen LogP contribution in [0.5, 0.6) is 0 Å². The van der Waals surface area contributed by atoms with Gasteiger partial charge >= 0.3 is 10.4 Å². The Bertz CT molecular complexity index is 958. The molecule has 1 aliphatic rings. The Morgan fingerprint density at radius 1 is 0.706 bits per heavy atom. The summed E-state index contributed by atoms with van der Waals surface area (Å²) in [7, 11) is -5.10. The molecule has 1 aliphatic heterocycles. The van der Waals surface area contributed by atoms with Crippen LogP contribution in [0.15, 0.2) is 0 Å². The quantitative estimate of drug-likeness (QED) is 0.0339. The van der Waals surface area contributed by atoms with Gasteiger partial charge in [-0.1, -0.05) is 155 Å². The largest absolute Gasteiger partial charge is 0.397 e. The Kier molecular flexibility index (Phi) is 27.7. The number of aliphatic hydroxyl groups excluding tert-OH is 5. The average Bonchev–Trinajstić information content (AvgIpc) is 3.09. The highest BCUT2D eigenvalue weighted by atomic mass is 32.3. The summed E-state index contributed by atoms with van der Waals surface area (Å²) in [5.74, 6) is -0.672. The first-order valence-corrected chi connectivity index (χ1v) is 21.4. The number of hydrogen-bond donors (Lipinski definition) is 7. The fourth-order valence-electron chi connectivity index (χ4n) is 6.52. The molecule has 304 valence electrons. The molecule has 13 nitrogen and oxygen atoms in total. The van der Waals surface area contributed by atoms with Gasteiger partial charge in [-0.2, -0.15) is 8.42 Å². The zero-order valence-electron chi connectivity index (χ0n) is 31.5. The van der Waals surface area contributed by atoms with Crippen molar-refractivity contribution in [2.24, 2.45) is 0 Å². The summed E-state index contributed by atoms with van der Waals surface area (Å²) in [5.41, 5.74) is 0. The number of aliphatic hydroxyl groups is 5. The number of carbonyl (C=O) groups is 1. The second-order valence-electron chi connectivity index (χ2n) is 14.4. The number of rotatable bonds is 33. The fraction of sp³-hybridized carbons (Fsp3) is 0.973. The van der Waals surface area contributed by atoms with Crippen LogP contribution in [-0.4, -0.2) is 107 Å². The zero-order valence-corrected chi connectivity index (χ0v) is 32.4. The smallest absolute Gasteiger partial charge is 0.394 e. The summed E-state index contributed by atoms with van der Waals surface area (Å²) in [6.45, 7) is 3.22. The first-order valence-electron chi connectivity index (χ1n) is 20.0. The molecule has 1 rings (SSSR count). The Morgan fingerprint density at radius 3 is 1.57 bits per heavy atom. The second-order valence-corrected chi connectivity index (χ2v) is 15.4. The standard InChI is InChI=1S/C37H73NO12S/c1-3-5-7-9-11-13-14-15-16-18-19-21-23-25-30(40)29(38-36(44)31(41)26-24-22-20-17-12-10-8-6-4-2)28-48-37-34(43)35(50-51(45,46)47)33(42)32(27-39)49-37/h29-35,37,39-43H,3-28H2,1-2H3,(H,38,44)(H,45,46,47). The molecule has 51 heavy (non-hydrogen) atoms. The van der Waals surface area contributed by atoms with Crippen molar-refractivity contribution >= 4 is 16.3 Å². The lowest BCUT2D eigenvalue weighted by atomic mass is 9.99. The summed E-state index contributed by atoms with van der Waals surface area (Å²) in [4.78, 5) is 13.0. The summed E-state index contributed by atoms with van der Waals surface area (Å²) in [6.07, 6.45) is 14.6. The molecule has 7 N–H and O–H groups in total. The summed E-state index contributed by atoms with van der Waals surface area (Å²) < 4.78 is 47.3. The van der Waals surface area contributed by atoms with E-state index in [0.29, 0.717) is 19.3 Å². The van der Waals surface area contributed by atoms with Crippen molar-refractivity contribution in [2.45, 2.75) is 217 Å². The molecule has 0 saturated carbocycles. The lowest BCUT2D eigenvalue weighted by Crippen LogP contribution is -2.61. The van der Waals surface area contributed by atoms with Gasteiger partial charge in [0.1, 0.15) is 30.5 Å². The van der Waals surface area contributed by atoms with Crippen LogP contribution in [0.1, 0.15) is 168 Å². The van der Waals surface area contributed by atoms with Gasteiger partial charge in [0.2, 0.25) is 5.91 Å². The minimum Gasteiger partial charge on any atom is -0.394 e. The Morgan fingerprint density at radius 2 is 1.14 bits per heavy atom. The lowest BCUT2D eigenvalue weighted by molar-refractivity contribution is -0.298. The fourth-order valence-corrected chi connectivity index (χ4v) is 7.03. The van der Waals surface area contributed by atoms with E-state index in [1.165, 1.54) is 89.9 Å². The number of hydrogen-bond acceptors (Lipinski definition) is 11. The highest BCUT2D eigenvalue weighted by Crippen LogP contribution is 2.26. The highest BCUT2D eigenvalue weighted by Gasteiger charge is 2.48. The predicted molar refractivity (Wildman–Crippen MR) is 196 cm³/mol. The molecule has 0 radical (unpaired) electrons. The first kappa shape index (κ1) is 48.1. The van der Waals surface area contributed by atoms with E-state index in [1.807, 2.05) is 0 Å². The van der Waals surface area contributed by atoms with Crippen molar-refractivity contribution in [1.82, 2.24) is 5.32 Å². The summed E-state index contributed by atoms with van der Waals surface area (Å²) in [6, 6.07) is -1.02. The van der Waals surface area contributed by atoms with Gasteiger partial charge in [0.05, 0.1) is 25.4 Å². The van der Waals surface area contributed by atoms with Gasteiger partial charge in [-0.05, 0) is 12.8 Å². The molecule has 1 heterocycles. The second kappa shape index (κ2) is 29.4. The third-order valence-corrected chi connectivity index (χ3v) is 10.2. The third-order valence-electron chi connectivity index (χ3n) is 9.77. The van der Waals surface area contributed by atoms with Crippen molar-refractivity contribution < 1.29 is 57.0 Å². The molecular formula is C37H73NO12S. The van der Waals surface area contributed by atoms with Crippen molar-refractivity contribution in [3.63, 3.8) is 0 Å². The van der Waals surface area contributed by atoms with Crippen molar-refractivity contribution in [2.75, 3.05) is 13.2 Å². The highest BCUT2D eigenvalue weighted by molar-refractivity contribution is 7.80. The minimum atomic E-state index is -5.10. The van der Waals surface area contributed by atoms with Crippen LogP contribution in [0.25, 0.3) is 0 Å². The van der Waals surface area contributed by atoms with Gasteiger partial charge in [-0.3, -0.25) is 9.35 Å². The number of amides is 1. The molecule has 0 spiro atoms. The van der Waals surface area contributed by atoms with Crippen LogP contribution in [0.3, 0.4) is 0 Å². The van der Waals surface area contributed by atoms with Crippen molar-refractivity contribution in [1.29, 1.82) is 0 Å². The van der Waals surface area contributed by atoms with Crippen LogP contribution >= 0.6 is 0 Å². The van der Waals surface area contributed by atoms with Crippen LogP contribution < -0.4 is 5.32 Å². The van der Waals surface area contributed by atoms with Crippen LogP contribution in [0.4, 0.5) is 0 Å². The molecule has 0 aromatic carbocycles. The normalized spacial score (nSPS) is 22.9. The monoisotopic (exact) mass is 755 g/mol. The molecule has 14 heteroatoms. The van der Waals surface area contributed by atoms with Crippen LogP contribution in [0, 0.1) is 0 Å². The minimum absolute atomic E-state index is 0.263. The van der Waals surface area contributed by atoms with Crippen LogP contribution in [0.2, 0.25) is 0 Å². The number of unbranched alkanes of at least 4 members (excludes halogenated alkanes) is 20. The average molecular weight is 756 g/mol. The molecule has 8 unspecified atom stereocenters. The van der Waals surface area contributed by atoms with E-state index in [4.69, 9.17) is 14.0 Å². The maximum atomic E-state index is 13.0. The molecule has 0 aromatic rings. The molecule has 1 saturated heterocycles. The summed E-state index contributed by atoms with van der Waals surface area (Å²) >= 11 is 0. The summed E-state index contributed by atoms with van der Waals surface area (Å²) in [5, 5.41) is 55.0. The predicted octanol–water partition coefficient (Wildman–Crippen LogP) is 5.24. The Balaban J connectivity index is 2.66. The van der Waals surface area contributed by atoms with E-state index >= 15 is 0 Å². The number of nitrogens with one attached hydrogen (secondary N) is 1. The molecular weight excluding hydrogens is 682 g/mol. The van der Waals surface area contributed by atoms with Gasteiger partial charge in [0.15, 0.2) is 6.29 Å². The molecule has 8 atom stereocenters. The first-order chi connectivity index (χ1) is 24.4. The van der Waals surface area contributed by atoms with E-state index in [9.17, 15) is 38.7 Å². The van der Waals surface area contributed by atoms with E-state index < -0.39 is 78.5 Å². The third kappa shape index (κ3) is 22.8.